The van der Waals surface area contributed by atoms with Crippen LogP contribution in [0.1, 0.15) is 41.7 Å². The number of hydrogen-bond acceptors (Lipinski definition) is 4. The molecule has 2 aromatic carbocycles. The Morgan fingerprint density at radius 3 is 2.59 bits per heavy atom. The molecule has 0 aliphatic rings. The van der Waals surface area contributed by atoms with E-state index in [9.17, 15) is 4.79 Å². The second-order valence-corrected chi connectivity index (χ2v) is 6.33. The van der Waals surface area contributed by atoms with Crippen molar-refractivity contribution in [1.82, 2.24) is 5.32 Å². The molecule has 27 heavy (non-hydrogen) atoms. The van der Waals surface area contributed by atoms with Gasteiger partial charge in [-0.15, -0.1) is 12.4 Å². The fraction of sp³-hybridized carbons (Fsp3) is 0.350. The van der Waals surface area contributed by atoms with Crippen molar-refractivity contribution in [2.24, 2.45) is 5.73 Å². The Morgan fingerprint density at radius 1 is 1.26 bits per heavy atom. The van der Waals surface area contributed by atoms with Gasteiger partial charge in [0.25, 0.3) is 5.91 Å². The number of benzene rings is 2. The van der Waals surface area contributed by atoms with Crippen LogP contribution in [0.5, 0.6) is 11.5 Å². The lowest BCUT2D eigenvalue weighted by molar-refractivity contribution is 0.0950. The molecular weight excluding hydrogens is 387 g/mol. The summed E-state index contributed by atoms with van der Waals surface area (Å²) in [6.07, 6.45) is 1.93. The van der Waals surface area contributed by atoms with Crippen LogP contribution in [0.15, 0.2) is 42.5 Å². The summed E-state index contributed by atoms with van der Waals surface area (Å²) in [5.74, 6) is 0.628. The van der Waals surface area contributed by atoms with E-state index in [1.807, 2.05) is 30.3 Å². The summed E-state index contributed by atoms with van der Waals surface area (Å²) in [6.45, 7) is 2.94. The SMILES string of the molecule is CCCCOc1c(Cl)cc(C(=O)NCC(N)c2ccccc2)cc1OC.Cl. The van der Waals surface area contributed by atoms with Gasteiger partial charge in [0.05, 0.1) is 18.7 Å². The molecular formula is C20H26Cl2N2O3. The van der Waals surface area contributed by atoms with E-state index in [1.165, 1.54) is 7.11 Å². The molecule has 3 N–H and O–H groups in total. The Kier molecular flexibility index (Phi) is 10.0. The average molecular weight is 413 g/mol. The molecule has 0 spiro atoms. The summed E-state index contributed by atoms with van der Waals surface area (Å²) in [4.78, 5) is 12.5. The van der Waals surface area contributed by atoms with Gasteiger partial charge in [-0.25, -0.2) is 0 Å². The molecule has 0 fully saturated rings. The fourth-order valence-electron chi connectivity index (χ4n) is 2.43. The van der Waals surface area contributed by atoms with Crippen LogP contribution in [0.25, 0.3) is 0 Å². The first kappa shape index (κ1) is 23.1. The Morgan fingerprint density at radius 2 is 1.96 bits per heavy atom. The fourth-order valence-corrected chi connectivity index (χ4v) is 2.70. The van der Waals surface area contributed by atoms with Crippen LogP contribution in [0.2, 0.25) is 5.02 Å². The lowest BCUT2D eigenvalue weighted by Gasteiger charge is -2.15. The van der Waals surface area contributed by atoms with E-state index in [2.05, 4.69) is 12.2 Å². The van der Waals surface area contributed by atoms with Crippen molar-refractivity contribution in [3.8, 4) is 11.5 Å². The second-order valence-electron chi connectivity index (χ2n) is 5.92. The number of nitrogens with one attached hydrogen (secondary N) is 1. The number of methoxy groups -OCH3 is 1. The molecule has 0 bridgehead atoms. The summed E-state index contributed by atoms with van der Waals surface area (Å²) >= 11 is 6.29. The third kappa shape index (κ3) is 6.61. The molecule has 2 rings (SSSR count). The van der Waals surface area contributed by atoms with Crippen molar-refractivity contribution in [2.75, 3.05) is 20.3 Å². The van der Waals surface area contributed by atoms with Gasteiger partial charge in [0.1, 0.15) is 0 Å². The summed E-state index contributed by atoms with van der Waals surface area (Å²) in [7, 11) is 1.52. The van der Waals surface area contributed by atoms with Crippen LogP contribution in [0, 0.1) is 0 Å². The van der Waals surface area contributed by atoms with Crippen LogP contribution >= 0.6 is 24.0 Å². The minimum atomic E-state index is -0.283. The number of unbranched alkanes of at least 4 members (excludes halogenated alkanes) is 1. The van der Waals surface area contributed by atoms with Gasteiger partial charge in [0.2, 0.25) is 0 Å². The Balaban J connectivity index is 0.00000364. The molecule has 0 aromatic heterocycles. The zero-order valence-electron chi connectivity index (χ0n) is 15.5. The van der Waals surface area contributed by atoms with Gasteiger partial charge in [-0.1, -0.05) is 55.3 Å². The zero-order chi connectivity index (χ0) is 18.9. The van der Waals surface area contributed by atoms with E-state index >= 15 is 0 Å². The molecule has 0 saturated heterocycles. The number of nitrogens with two attached hydrogens (primary N) is 1. The van der Waals surface area contributed by atoms with E-state index < -0.39 is 0 Å². The van der Waals surface area contributed by atoms with E-state index in [0.29, 0.717) is 35.2 Å². The van der Waals surface area contributed by atoms with Crippen molar-refractivity contribution in [1.29, 1.82) is 0 Å². The number of hydrogen-bond donors (Lipinski definition) is 2. The highest BCUT2D eigenvalue weighted by Crippen LogP contribution is 2.36. The van der Waals surface area contributed by atoms with Crippen LogP contribution < -0.4 is 20.5 Å². The van der Waals surface area contributed by atoms with Gasteiger partial charge in [0.15, 0.2) is 11.5 Å². The highest BCUT2D eigenvalue weighted by atomic mass is 35.5. The average Bonchev–Trinajstić information content (AvgIpc) is 2.67. The van der Waals surface area contributed by atoms with Crippen LogP contribution in [-0.4, -0.2) is 26.2 Å². The minimum absolute atomic E-state index is 0. The smallest absolute Gasteiger partial charge is 0.251 e. The molecule has 1 unspecified atom stereocenters. The highest BCUT2D eigenvalue weighted by molar-refractivity contribution is 6.32. The third-order valence-electron chi connectivity index (χ3n) is 3.95. The predicted octanol–water partition coefficient (Wildman–Crippen LogP) is 4.38. The third-order valence-corrected chi connectivity index (χ3v) is 4.23. The van der Waals surface area contributed by atoms with Crippen molar-refractivity contribution in [2.45, 2.75) is 25.8 Å². The van der Waals surface area contributed by atoms with E-state index in [1.54, 1.807) is 12.1 Å². The van der Waals surface area contributed by atoms with Crippen molar-refractivity contribution in [3.05, 3.63) is 58.6 Å². The van der Waals surface area contributed by atoms with Gasteiger partial charge in [-0.05, 0) is 24.1 Å². The lowest BCUT2D eigenvalue weighted by Crippen LogP contribution is -2.31. The van der Waals surface area contributed by atoms with Crippen LogP contribution in [-0.2, 0) is 0 Å². The molecule has 0 saturated carbocycles. The van der Waals surface area contributed by atoms with Gasteiger partial charge in [-0.2, -0.15) is 0 Å². The molecule has 2 aromatic rings. The molecule has 148 valence electrons. The molecule has 5 nitrogen and oxygen atoms in total. The van der Waals surface area contributed by atoms with Gasteiger partial charge in [-0.3, -0.25) is 4.79 Å². The Hall–Kier alpha value is -1.95. The normalized spacial score (nSPS) is 11.3. The maximum absolute atomic E-state index is 12.5. The predicted molar refractivity (Wildman–Crippen MR) is 111 cm³/mol. The molecule has 1 amide bonds. The number of rotatable bonds is 9. The monoisotopic (exact) mass is 412 g/mol. The van der Waals surface area contributed by atoms with Crippen molar-refractivity contribution < 1.29 is 14.3 Å². The first-order valence-corrected chi connectivity index (χ1v) is 9.03. The highest BCUT2D eigenvalue weighted by Gasteiger charge is 2.16. The van der Waals surface area contributed by atoms with E-state index in [0.717, 1.165) is 18.4 Å². The van der Waals surface area contributed by atoms with Crippen LogP contribution in [0.3, 0.4) is 0 Å². The molecule has 7 heteroatoms. The summed E-state index contributed by atoms with van der Waals surface area (Å²) in [5, 5.41) is 3.17. The zero-order valence-corrected chi connectivity index (χ0v) is 17.1. The van der Waals surface area contributed by atoms with Crippen LogP contribution in [0.4, 0.5) is 0 Å². The molecule has 0 radical (unpaired) electrons. The lowest BCUT2D eigenvalue weighted by atomic mass is 10.1. The maximum Gasteiger partial charge on any atom is 0.251 e. The number of carbonyl (C=O) groups is 1. The summed E-state index contributed by atoms with van der Waals surface area (Å²) in [5.41, 5.74) is 7.47. The van der Waals surface area contributed by atoms with Crippen molar-refractivity contribution >= 4 is 29.9 Å². The molecule has 1 atom stereocenters. The second kappa shape index (κ2) is 11.7. The first-order valence-electron chi connectivity index (χ1n) is 8.65. The number of amides is 1. The standard InChI is InChI=1S/C20H25ClN2O3.ClH/c1-3-4-10-26-19-16(21)11-15(12-18(19)25-2)20(24)23-13-17(22)14-8-6-5-7-9-14;/h5-9,11-12,17H,3-4,10,13,22H2,1-2H3,(H,23,24);1H. The maximum atomic E-state index is 12.5. The van der Waals surface area contributed by atoms with Gasteiger partial charge >= 0.3 is 0 Å². The number of halogens is 2. The number of carbonyl (C=O) groups excluding carboxylic acids is 1. The first-order chi connectivity index (χ1) is 12.6. The number of ether oxygens (including phenoxy) is 2. The minimum Gasteiger partial charge on any atom is -0.493 e. The largest absolute Gasteiger partial charge is 0.493 e. The summed E-state index contributed by atoms with van der Waals surface area (Å²) in [6, 6.07) is 12.5. The van der Waals surface area contributed by atoms with Gasteiger partial charge in [0, 0.05) is 18.2 Å². The van der Waals surface area contributed by atoms with Gasteiger partial charge < -0.3 is 20.5 Å². The van der Waals surface area contributed by atoms with E-state index in [4.69, 9.17) is 26.8 Å². The molecule has 0 heterocycles. The van der Waals surface area contributed by atoms with E-state index in [-0.39, 0.29) is 24.4 Å². The summed E-state index contributed by atoms with van der Waals surface area (Å²) < 4.78 is 11.0. The molecule has 0 aliphatic carbocycles. The quantitative estimate of drug-likeness (QED) is 0.599. The Labute approximate surface area is 171 Å². The Bertz CT molecular complexity index is 727. The topological polar surface area (TPSA) is 73.6 Å². The molecule has 0 aliphatic heterocycles. The van der Waals surface area contributed by atoms with Crippen molar-refractivity contribution in [3.63, 3.8) is 0 Å².